The maximum Gasteiger partial charge on any atom is 0.408 e. The van der Waals surface area contributed by atoms with Crippen LogP contribution in [-0.2, 0) is 41.5 Å². The van der Waals surface area contributed by atoms with Crippen LogP contribution in [0.25, 0.3) is 0 Å². The van der Waals surface area contributed by atoms with Gasteiger partial charge in [-0.05, 0) is 97.1 Å². The molecule has 4 rings (SSSR count). The summed E-state index contributed by atoms with van der Waals surface area (Å²) in [7, 11) is 1.43. The molecule has 68 heavy (non-hydrogen) atoms. The summed E-state index contributed by atoms with van der Waals surface area (Å²) in [5, 5.41) is 10.8. The normalized spacial score (nSPS) is 17.2. The van der Waals surface area contributed by atoms with Gasteiger partial charge in [-0.15, -0.1) is 0 Å². The number of rotatable bonds is 21. The van der Waals surface area contributed by atoms with Crippen LogP contribution in [0.3, 0.4) is 0 Å². The standard InChI is InChI=1S/C51H74F2N6O9/c1-34(2)26-39(56-43(62)38(27-35-18-12-10-13-19-35)30-42(61)40(28-36-20-14-11-15-21-36)57-47(66)68-49(6,7)8)41(60)29-37(22-16-17-24-55-46(65)67-48(3,4)5)44(63)58-25-23-50(51(52,53)33-58)31-59(32-50)45(64)54-9/h10-15,18-21,34,37-40H,16-17,22-33H2,1-9H3,(H,54,64)(H,55,65)(H,56,62)(H,57,66)/t37-,38-,39+,40+/m0/s1. The molecule has 376 valence electrons. The van der Waals surface area contributed by atoms with Crippen LogP contribution in [0, 0.1) is 23.2 Å². The molecule has 0 bridgehead atoms. The van der Waals surface area contributed by atoms with Gasteiger partial charge in [-0.25, -0.2) is 23.2 Å². The summed E-state index contributed by atoms with van der Waals surface area (Å²) in [6.45, 7) is 13.2. The second-order valence-corrected chi connectivity index (χ2v) is 20.8. The fourth-order valence-corrected chi connectivity index (χ4v) is 8.68. The van der Waals surface area contributed by atoms with Crippen molar-refractivity contribution in [1.29, 1.82) is 0 Å². The van der Waals surface area contributed by atoms with Crippen molar-refractivity contribution in [2.75, 3.05) is 39.8 Å². The number of ether oxygens (including phenoxy) is 2. The number of amides is 6. The number of likely N-dealkylation sites (tertiary alicyclic amines) is 2. The Kier molecular flexibility index (Phi) is 19.5. The van der Waals surface area contributed by atoms with Gasteiger partial charge in [-0.1, -0.05) is 80.9 Å². The lowest BCUT2D eigenvalue weighted by atomic mass is 9.69. The van der Waals surface area contributed by atoms with E-state index in [9.17, 15) is 33.6 Å². The predicted octanol–water partition coefficient (Wildman–Crippen LogP) is 7.25. The topological polar surface area (TPSA) is 193 Å². The lowest BCUT2D eigenvalue weighted by molar-refractivity contribution is -0.216. The number of alkyl carbamates (subject to hydrolysis) is 2. The molecule has 0 saturated carbocycles. The van der Waals surface area contributed by atoms with Gasteiger partial charge in [0, 0.05) is 57.9 Å². The smallest absolute Gasteiger partial charge is 0.408 e. The number of hydrogen-bond acceptors (Lipinski definition) is 9. The highest BCUT2D eigenvalue weighted by Crippen LogP contribution is 2.50. The molecule has 0 aliphatic carbocycles. The largest absolute Gasteiger partial charge is 0.444 e. The van der Waals surface area contributed by atoms with E-state index in [-0.39, 0.29) is 77.0 Å². The number of nitrogens with zero attached hydrogens (tertiary/aromatic N) is 2. The molecule has 0 aromatic heterocycles. The zero-order valence-electron chi connectivity index (χ0n) is 41.4. The van der Waals surface area contributed by atoms with Crippen molar-refractivity contribution in [2.24, 2.45) is 23.2 Å². The van der Waals surface area contributed by atoms with Crippen LogP contribution in [0.5, 0.6) is 0 Å². The van der Waals surface area contributed by atoms with Gasteiger partial charge in [0.15, 0.2) is 11.6 Å². The second kappa shape index (κ2) is 24.1. The summed E-state index contributed by atoms with van der Waals surface area (Å²) in [5.41, 5.74) is -1.47. The number of carbonyl (C=O) groups excluding carboxylic acids is 7. The van der Waals surface area contributed by atoms with E-state index in [4.69, 9.17) is 9.47 Å². The zero-order valence-corrected chi connectivity index (χ0v) is 41.4. The van der Waals surface area contributed by atoms with E-state index in [0.29, 0.717) is 12.8 Å². The highest BCUT2D eigenvalue weighted by atomic mass is 19.3. The van der Waals surface area contributed by atoms with E-state index < -0.39 is 94.6 Å². The number of urea groups is 1. The van der Waals surface area contributed by atoms with Crippen LogP contribution >= 0.6 is 0 Å². The lowest BCUT2D eigenvalue weighted by Gasteiger charge is -2.57. The maximum atomic E-state index is 16.0. The molecule has 0 unspecified atom stereocenters. The minimum atomic E-state index is -3.31. The molecular formula is C51H74F2N6O9. The molecule has 2 aliphatic heterocycles. The van der Waals surface area contributed by atoms with Crippen LogP contribution in [0.15, 0.2) is 60.7 Å². The van der Waals surface area contributed by atoms with Crippen molar-refractivity contribution in [1.82, 2.24) is 31.1 Å². The summed E-state index contributed by atoms with van der Waals surface area (Å²) in [5.74, 6) is -7.47. The highest BCUT2D eigenvalue weighted by Gasteiger charge is 2.64. The Balaban J connectivity index is 1.56. The van der Waals surface area contributed by atoms with Gasteiger partial charge in [0.05, 0.1) is 24.0 Å². The number of halogens is 2. The molecule has 1 spiro atoms. The molecule has 2 aromatic carbocycles. The van der Waals surface area contributed by atoms with Gasteiger partial charge in [0.25, 0.3) is 5.92 Å². The quantitative estimate of drug-likeness (QED) is 0.0934. The molecule has 0 radical (unpaired) electrons. The van der Waals surface area contributed by atoms with E-state index in [1.54, 1.807) is 41.5 Å². The number of benzene rings is 2. The summed E-state index contributed by atoms with van der Waals surface area (Å²) in [4.78, 5) is 97.5. The SMILES string of the molecule is CNC(=O)N1CC2(CCN(C(=O)[C@@H](CCCCNC(=O)OC(C)(C)C)CC(=O)[C@@H](CC(C)C)NC(=O)[C@H](CC(=O)[C@@H](Cc3ccccc3)NC(=O)OC(C)(C)C)Cc3ccccc3)CC2(F)F)C1. The van der Waals surface area contributed by atoms with Gasteiger partial charge in [-0.2, -0.15) is 0 Å². The Bertz CT molecular complexity index is 2030. The molecule has 2 aromatic rings. The summed E-state index contributed by atoms with van der Waals surface area (Å²) < 4.78 is 42.8. The van der Waals surface area contributed by atoms with E-state index in [2.05, 4.69) is 21.3 Å². The van der Waals surface area contributed by atoms with E-state index in [0.717, 1.165) is 16.0 Å². The zero-order chi connectivity index (χ0) is 50.5. The van der Waals surface area contributed by atoms with Gasteiger partial charge in [-0.3, -0.25) is 19.2 Å². The first kappa shape index (κ1) is 55.0. The number of hydrogen-bond donors (Lipinski definition) is 4. The third-order valence-electron chi connectivity index (χ3n) is 12.2. The summed E-state index contributed by atoms with van der Waals surface area (Å²) in [6.07, 6.45) is -0.707. The van der Waals surface area contributed by atoms with Crippen molar-refractivity contribution >= 4 is 41.6 Å². The molecule has 2 saturated heterocycles. The number of unbranched alkanes of at least 4 members (excludes halogenated alkanes) is 1. The summed E-state index contributed by atoms with van der Waals surface area (Å²) >= 11 is 0. The fourth-order valence-electron chi connectivity index (χ4n) is 8.68. The first-order valence-electron chi connectivity index (χ1n) is 23.8. The number of nitrogens with one attached hydrogen (secondary N) is 4. The lowest BCUT2D eigenvalue weighted by Crippen LogP contribution is -2.72. The van der Waals surface area contributed by atoms with Crippen LogP contribution in [0.4, 0.5) is 23.2 Å². The minimum Gasteiger partial charge on any atom is -0.444 e. The van der Waals surface area contributed by atoms with Gasteiger partial charge in [0.1, 0.15) is 11.2 Å². The number of alkyl halides is 2. The molecule has 17 heteroatoms. The van der Waals surface area contributed by atoms with E-state index in [1.807, 2.05) is 74.5 Å². The number of piperidine rings is 1. The molecule has 2 heterocycles. The monoisotopic (exact) mass is 953 g/mol. The Hall–Kier alpha value is -5.61. The van der Waals surface area contributed by atoms with Crippen molar-refractivity contribution in [3.8, 4) is 0 Å². The molecule has 2 aliphatic rings. The molecule has 4 N–H and O–H groups in total. The van der Waals surface area contributed by atoms with Crippen LogP contribution in [0.2, 0.25) is 0 Å². The number of Topliss-reactive ketones (excluding diaryl/α,β-unsaturated/α-hetero) is 2. The maximum absolute atomic E-state index is 16.0. The van der Waals surface area contributed by atoms with Gasteiger partial charge in [0.2, 0.25) is 11.8 Å². The predicted molar refractivity (Wildman–Crippen MR) is 254 cm³/mol. The molecular weight excluding hydrogens is 879 g/mol. The molecule has 2 fully saturated rings. The number of carbonyl (C=O) groups is 7. The van der Waals surface area contributed by atoms with Crippen LogP contribution in [-0.4, -0.2) is 120 Å². The first-order valence-corrected chi connectivity index (χ1v) is 23.8. The Morgan fingerprint density at radius 3 is 1.78 bits per heavy atom. The Morgan fingerprint density at radius 1 is 0.691 bits per heavy atom. The summed E-state index contributed by atoms with van der Waals surface area (Å²) in [6, 6.07) is 15.7. The van der Waals surface area contributed by atoms with E-state index in [1.165, 1.54) is 11.9 Å². The average molecular weight is 953 g/mol. The second-order valence-electron chi connectivity index (χ2n) is 20.8. The van der Waals surface area contributed by atoms with Crippen LogP contribution in [0.1, 0.15) is 111 Å². The van der Waals surface area contributed by atoms with Crippen molar-refractivity contribution in [3.05, 3.63) is 71.8 Å². The van der Waals surface area contributed by atoms with Gasteiger partial charge >= 0.3 is 18.2 Å². The molecule has 4 atom stereocenters. The van der Waals surface area contributed by atoms with Gasteiger partial charge < -0.3 is 40.5 Å². The van der Waals surface area contributed by atoms with Crippen molar-refractivity contribution in [3.63, 3.8) is 0 Å². The average Bonchev–Trinajstić information content (AvgIpc) is 3.22. The number of ketones is 2. The Labute approximate surface area is 400 Å². The van der Waals surface area contributed by atoms with Crippen molar-refractivity contribution < 1.29 is 51.8 Å². The molecule has 6 amide bonds. The molecule has 15 nitrogen and oxygen atoms in total. The minimum absolute atomic E-state index is 0.0102. The highest BCUT2D eigenvalue weighted by molar-refractivity contribution is 5.95. The third kappa shape index (κ3) is 16.9. The Morgan fingerprint density at radius 2 is 1.24 bits per heavy atom. The first-order chi connectivity index (χ1) is 31.8. The van der Waals surface area contributed by atoms with E-state index >= 15 is 8.78 Å². The van der Waals surface area contributed by atoms with Crippen LogP contribution < -0.4 is 21.3 Å². The fraction of sp³-hybridized carbons (Fsp3) is 0.627. The van der Waals surface area contributed by atoms with Crippen molar-refractivity contribution in [2.45, 2.75) is 142 Å². The third-order valence-corrected chi connectivity index (χ3v) is 12.2.